The van der Waals surface area contributed by atoms with Crippen molar-refractivity contribution in [2.45, 2.75) is 52.1 Å². The lowest BCUT2D eigenvalue weighted by Gasteiger charge is -2.24. The van der Waals surface area contributed by atoms with Crippen LogP contribution in [0.4, 0.5) is 0 Å². The molecule has 2 aliphatic rings. The molecule has 35 heavy (non-hydrogen) atoms. The van der Waals surface area contributed by atoms with Gasteiger partial charge in [-0.1, -0.05) is 6.07 Å². The van der Waals surface area contributed by atoms with Crippen LogP contribution in [0.3, 0.4) is 0 Å². The second-order valence-electron chi connectivity index (χ2n) is 9.83. The van der Waals surface area contributed by atoms with Gasteiger partial charge in [0.15, 0.2) is 5.82 Å². The first-order chi connectivity index (χ1) is 17.0. The number of nitrogens with one attached hydrogen (secondary N) is 1. The molecule has 1 aromatic carbocycles. The van der Waals surface area contributed by atoms with Gasteiger partial charge in [-0.3, -0.25) is 4.68 Å². The van der Waals surface area contributed by atoms with Crippen molar-refractivity contribution in [3.63, 3.8) is 0 Å². The summed E-state index contributed by atoms with van der Waals surface area (Å²) < 4.78 is 12.4. The SMILES string of the molecule is Cc1nc(-c2cn3c(n2)-c2ccc(-c4cnn(C)c4C4CCCNC4)cc2OCC3)n(C(C)C)n1. The number of fused-ring (bicyclic) bond motifs is 3. The number of piperidine rings is 1. The summed E-state index contributed by atoms with van der Waals surface area (Å²) in [5.74, 6) is 3.78. The molecule has 3 aromatic heterocycles. The topological polar surface area (TPSA) is 87.6 Å². The molecule has 5 heterocycles. The highest BCUT2D eigenvalue weighted by molar-refractivity contribution is 5.76. The van der Waals surface area contributed by atoms with Crippen LogP contribution in [0.2, 0.25) is 0 Å². The Hall–Kier alpha value is -3.46. The Morgan fingerprint density at radius 3 is 2.83 bits per heavy atom. The summed E-state index contributed by atoms with van der Waals surface area (Å²) in [5, 5.41) is 12.7. The second kappa shape index (κ2) is 8.64. The second-order valence-corrected chi connectivity index (χ2v) is 9.83. The maximum Gasteiger partial charge on any atom is 0.178 e. The van der Waals surface area contributed by atoms with E-state index in [0.717, 1.165) is 59.7 Å². The van der Waals surface area contributed by atoms with E-state index < -0.39 is 0 Å². The number of aryl methyl sites for hydroxylation is 2. The Balaban J connectivity index is 1.40. The number of benzene rings is 1. The molecule has 1 fully saturated rings. The number of nitrogens with zero attached hydrogens (tertiary/aromatic N) is 7. The van der Waals surface area contributed by atoms with Crippen molar-refractivity contribution in [3.8, 4) is 39.8 Å². The average Bonchev–Trinajstić information content (AvgIpc) is 3.53. The Labute approximate surface area is 205 Å². The van der Waals surface area contributed by atoms with Crippen LogP contribution in [0.25, 0.3) is 34.0 Å². The minimum Gasteiger partial charge on any atom is -0.491 e. The standard InChI is InChI=1S/C26H32N8O/c1-16(2)34-26(29-17(3)31-34)22-15-33-10-11-35-23-12-18(7-8-20(23)25(33)30-22)21-14-28-32(4)24(21)19-6-5-9-27-13-19/h7-8,12,14-16,19,27H,5-6,9-11,13H2,1-4H3. The van der Waals surface area contributed by atoms with E-state index in [1.807, 2.05) is 29.5 Å². The summed E-state index contributed by atoms with van der Waals surface area (Å²) in [6, 6.07) is 6.66. The van der Waals surface area contributed by atoms with Crippen LogP contribution in [-0.2, 0) is 13.6 Å². The highest BCUT2D eigenvalue weighted by atomic mass is 16.5. The smallest absolute Gasteiger partial charge is 0.178 e. The van der Waals surface area contributed by atoms with E-state index >= 15 is 0 Å². The molecule has 9 nitrogen and oxygen atoms in total. The zero-order valence-corrected chi connectivity index (χ0v) is 20.8. The van der Waals surface area contributed by atoms with Crippen molar-refractivity contribution >= 4 is 0 Å². The first-order valence-corrected chi connectivity index (χ1v) is 12.5. The quantitative estimate of drug-likeness (QED) is 0.484. The molecule has 0 bridgehead atoms. The third-order valence-electron chi connectivity index (χ3n) is 7.02. The van der Waals surface area contributed by atoms with E-state index in [1.165, 1.54) is 24.1 Å². The first kappa shape index (κ1) is 22.0. The van der Waals surface area contributed by atoms with Gasteiger partial charge in [-0.25, -0.2) is 14.6 Å². The van der Waals surface area contributed by atoms with Crippen LogP contribution in [0.1, 0.15) is 50.2 Å². The average molecular weight is 473 g/mol. The zero-order chi connectivity index (χ0) is 24.1. The van der Waals surface area contributed by atoms with Crippen LogP contribution in [0.15, 0.2) is 30.6 Å². The van der Waals surface area contributed by atoms with Gasteiger partial charge in [-0.15, -0.1) is 0 Å². The number of hydrogen-bond donors (Lipinski definition) is 1. The third kappa shape index (κ3) is 3.83. The molecule has 9 heteroatoms. The fourth-order valence-electron chi connectivity index (χ4n) is 5.36. The van der Waals surface area contributed by atoms with Crippen LogP contribution < -0.4 is 10.1 Å². The number of imidazole rings is 1. The van der Waals surface area contributed by atoms with Gasteiger partial charge >= 0.3 is 0 Å². The summed E-state index contributed by atoms with van der Waals surface area (Å²) in [6.07, 6.45) is 6.43. The molecule has 0 amide bonds. The van der Waals surface area contributed by atoms with Gasteiger partial charge in [0.2, 0.25) is 0 Å². The summed E-state index contributed by atoms with van der Waals surface area (Å²) in [5.41, 5.74) is 5.44. The fourth-order valence-corrected chi connectivity index (χ4v) is 5.36. The number of hydrogen-bond acceptors (Lipinski definition) is 6. The highest BCUT2D eigenvalue weighted by Gasteiger charge is 2.26. The number of ether oxygens (including phenoxy) is 1. The van der Waals surface area contributed by atoms with E-state index in [9.17, 15) is 0 Å². The largest absolute Gasteiger partial charge is 0.491 e. The lowest BCUT2D eigenvalue weighted by molar-refractivity contribution is 0.307. The van der Waals surface area contributed by atoms with Gasteiger partial charge in [0, 0.05) is 37.3 Å². The molecule has 0 radical (unpaired) electrons. The molecule has 182 valence electrons. The van der Waals surface area contributed by atoms with Crippen molar-refractivity contribution in [1.82, 2.24) is 39.4 Å². The fraction of sp³-hybridized carbons (Fsp3) is 0.462. The molecule has 1 atom stereocenters. The summed E-state index contributed by atoms with van der Waals surface area (Å²) in [4.78, 5) is 9.68. The number of aromatic nitrogens is 7. The van der Waals surface area contributed by atoms with Gasteiger partial charge in [-0.2, -0.15) is 10.2 Å². The summed E-state index contributed by atoms with van der Waals surface area (Å²) in [7, 11) is 2.04. The van der Waals surface area contributed by atoms with E-state index in [-0.39, 0.29) is 6.04 Å². The van der Waals surface area contributed by atoms with E-state index in [4.69, 9.17) is 9.72 Å². The monoisotopic (exact) mass is 472 g/mol. The van der Waals surface area contributed by atoms with Gasteiger partial charge in [-0.05, 0) is 57.9 Å². The normalized spacial score (nSPS) is 17.7. The molecular formula is C26H32N8O. The molecule has 1 unspecified atom stereocenters. The Morgan fingerprint density at radius 1 is 1.14 bits per heavy atom. The van der Waals surface area contributed by atoms with Crippen molar-refractivity contribution in [1.29, 1.82) is 0 Å². The maximum absolute atomic E-state index is 6.22. The van der Waals surface area contributed by atoms with Crippen molar-refractivity contribution in [2.24, 2.45) is 7.05 Å². The Bertz CT molecular complexity index is 1370. The van der Waals surface area contributed by atoms with Crippen LogP contribution in [0.5, 0.6) is 5.75 Å². The third-order valence-corrected chi connectivity index (χ3v) is 7.02. The summed E-state index contributed by atoms with van der Waals surface area (Å²) in [6.45, 7) is 9.55. The van der Waals surface area contributed by atoms with Gasteiger partial charge in [0.1, 0.15) is 29.7 Å². The minimum absolute atomic E-state index is 0.207. The molecule has 1 saturated heterocycles. The van der Waals surface area contributed by atoms with E-state index in [0.29, 0.717) is 12.5 Å². The molecule has 6 rings (SSSR count). The van der Waals surface area contributed by atoms with Crippen molar-refractivity contribution in [2.75, 3.05) is 19.7 Å². The number of rotatable bonds is 4. The molecule has 0 spiro atoms. The Kier molecular flexibility index (Phi) is 5.44. The molecule has 0 saturated carbocycles. The van der Waals surface area contributed by atoms with E-state index in [2.05, 4.69) is 63.3 Å². The molecule has 1 N–H and O–H groups in total. The van der Waals surface area contributed by atoms with Crippen LogP contribution in [-0.4, -0.2) is 53.8 Å². The first-order valence-electron chi connectivity index (χ1n) is 12.5. The lowest BCUT2D eigenvalue weighted by Crippen LogP contribution is -2.29. The van der Waals surface area contributed by atoms with Gasteiger partial charge < -0.3 is 14.6 Å². The predicted octanol–water partition coefficient (Wildman–Crippen LogP) is 3.96. The van der Waals surface area contributed by atoms with Crippen molar-refractivity contribution in [3.05, 3.63) is 42.1 Å². The van der Waals surface area contributed by atoms with Gasteiger partial charge in [0.05, 0.1) is 24.0 Å². The maximum atomic E-state index is 6.22. The Morgan fingerprint density at radius 2 is 2.03 bits per heavy atom. The van der Waals surface area contributed by atoms with Crippen molar-refractivity contribution < 1.29 is 4.74 Å². The molecule has 4 aromatic rings. The lowest BCUT2D eigenvalue weighted by atomic mass is 9.91. The molecule has 0 aliphatic carbocycles. The molecular weight excluding hydrogens is 440 g/mol. The molecule has 2 aliphatic heterocycles. The minimum atomic E-state index is 0.207. The predicted molar refractivity (Wildman–Crippen MR) is 134 cm³/mol. The van der Waals surface area contributed by atoms with E-state index in [1.54, 1.807) is 0 Å². The summed E-state index contributed by atoms with van der Waals surface area (Å²) >= 11 is 0. The van der Waals surface area contributed by atoms with Gasteiger partial charge in [0.25, 0.3) is 0 Å². The zero-order valence-electron chi connectivity index (χ0n) is 20.8. The van der Waals surface area contributed by atoms with Crippen LogP contribution >= 0.6 is 0 Å². The van der Waals surface area contributed by atoms with Crippen LogP contribution in [0, 0.1) is 6.92 Å². The highest BCUT2D eigenvalue weighted by Crippen LogP contribution is 2.39.